The van der Waals surface area contributed by atoms with Crippen molar-refractivity contribution in [3.05, 3.63) is 66.0 Å². The van der Waals surface area contributed by atoms with Gasteiger partial charge in [-0.1, -0.05) is 62.7 Å². The van der Waals surface area contributed by atoms with E-state index in [1.165, 1.54) is 11.1 Å². The minimum absolute atomic E-state index is 0.0703. The molecule has 4 aromatic rings. The van der Waals surface area contributed by atoms with Crippen molar-refractivity contribution >= 4 is 27.8 Å². The van der Waals surface area contributed by atoms with Gasteiger partial charge in [0, 0.05) is 5.39 Å². The Labute approximate surface area is 171 Å². The molecule has 0 aliphatic heterocycles. The number of H-pyrrole nitrogens is 1. The van der Waals surface area contributed by atoms with Gasteiger partial charge in [0.2, 0.25) is 0 Å². The third kappa shape index (κ3) is 4.25. The summed E-state index contributed by atoms with van der Waals surface area (Å²) in [6.07, 6.45) is 4.83. The van der Waals surface area contributed by atoms with Crippen molar-refractivity contribution in [2.75, 3.05) is 12.3 Å². The maximum absolute atomic E-state index is 6.11. The van der Waals surface area contributed by atoms with E-state index in [1.807, 2.05) is 18.2 Å². The van der Waals surface area contributed by atoms with Crippen LogP contribution in [0, 0.1) is 5.41 Å². The first kappa shape index (κ1) is 19.4. The van der Waals surface area contributed by atoms with E-state index in [1.54, 1.807) is 6.33 Å². The molecule has 5 heteroatoms. The van der Waals surface area contributed by atoms with Gasteiger partial charge >= 0.3 is 0 Å². The standard InChI is InChI=1S/C24H28N4O/c1-3-11-24(2,15-29-14-17-7-5-4-6-8-17)13-18-9-10-19-20(12-18)28-23(25)22-21(19)26-16-27-22/h4-10,12,16H,3,11,13-15H2,1-2H3,(H2,25,28)(H,26,27). The lowest BCUT2D eigenvalue weighted by atomic mass is 9.80. The van der Waals surface area contributed by atoms with Crippen LogP contribution in [0.1, 0.15) is 37.8 Å². The molecule has 0 radical (unpaired) electrons. The lowest BCUT2D eigenvalue weighted by Gasteiger charge is -2.29. The number of nitrogens with two attached hydrogens (primary N) is 1. The monoisotopic (exact) mass is 388 g/mol. The average molecular weight is 389 g/mol. The Bertz CT molecular complexity index is 1110. The molecular formula is C24H28N4O. The summed E-state index contributed by atoms with van der Waals surface area (Å²) in [4.78, 5) is 12.0. The average Bonchev–Trinajstić information content (AvgIpc) is 3.20. The highest BCUT2D eigenvalue weighted by atomic mass is 16.5. The largest absolute Gasteiger partial charge is 0.382 e. The number of aromatic amines is 1. The molecule has 3 N–H and O–H groups in total. The molecule has 4 rings (SSSR count). The quantitative estimate of drug-likeness (QED) is 0.432. The minimum atomic E-state index is 0.0703. The summed E-state index contributed by atoms with van der Waals surface area (Å²) in [6.45, 7) is 5.91. The molecule has 0 aliphatic carbocycles. The summed E-state index contributed by atoms with van der Waals surface area (Å²) < 4.78 is 6.11. The second-order valence-corrected chi connectivity index (χ2v) is 8.19. The normalized spacial score (nSPS) is 13.7. The second-order valence-electron chi connectivity index (χ2n) is 8.19. The van der Waals surface area contributed by atoms with E-state index in [0.717, 1.165) is 47.8 Å². The van der Waals surface area contributed by atoms with Crippen molar-refractivity contribution in [2.45, 2.75) is 39.7 Å². The highest BCUT2D eigenvalue weighted by Crippen LogP contribution is 2.32. The van der Waals surface area contributed by atoms with Crippen molar-refractivity contribution in [3.8, 4) is 0 Å². The molecular weight excluding hydrogens is 360 g/mol. The Balaban J connectivity index is 1.53. The van der Waals surface area contributed by atoms with E-state index in [0.29, 0.717) is 12.4 Å². The smallest absolute Gasteiger partial charge is 0.152 e. The maximum atomic E-state index is 6.11. The number of rotatable bonds is 8. The van der Waals surface area contributed by atoms with Gasteiger partial charge < -0.3 is 15.5 Å². The third-order valence-corrected chi connectivity index (χ3v) is 5.50. The number of imidazole rings is 1. The van der Waals surface area contributed by atoms with E-state index < -0.39 is 0 Å². The first-order chi connectivity index (χ1) is 14.1. The molecule has 1 unspecified atom stereocenters. The summed E-state index contributed by atoms with van der Waals surface area (Å²) in [7, 11) is 0. The number of nitrogen functional groups attached to an aromatic ring is 1. The number of pyridine rings is 1. The van der Waals surface area contributed by atoms with E-state index in [-0.39, 0.29) is 5.41 Å². The summed E-state index contributed by atoms with van der Waals surface area (Å²) in [5, 5.41) is 1.05. The Morgan fingerprint density at radius 3 is 2.72 bits per heavy atom. The van der Waals surface area contributed by atoms with Gasteiger partial charge in [0.1, 0.15) is 5.52 Å². The highest BCUT2D eigenvalue weighted by molar-refractivity contribution is 6.05. The van der Waals surface area contributed by atoms with Gasteiger partial charge in [-0.15, -0.1) is 0 Å². The number of benzene rings is 2. The lowest BCUT2D eigenvalue weighted by molar-refractivity contribution is 0.0373. The van der Waals surface area contributed by atoms with Crippen molar-refractivity contribution in [1.82, 2.24) is 15.0 Å². The molecule has 0 amide bonds. The van der Waals surface area contributed by atoms with Gasteiger partial charge in [0.05, 0.1) is 30.6 Å². The van der Waals surface area contributed by atoms with Crippen LogP contribution in [0.2, 0.25) is 0 Å². The van der Waals surface area contributed by atoms with Crippen LogP contribution >= 0.6 is 0 Å². The molecule has 150 valence electrons. The highest BCUT2D eigenvalue weighted by Gasteiger charge is 2.25. The summed E-state index contributed by atoms with van der Waals surface area (Å²) in [6, 6.07) is 16.8. The van der Waals surface area contributed by atoms with Crippen LogP contribution in [0.5, 0.6) is 0 Å². The van der Waals surface area contributed by atoms with Crippen molar-refractivity contribution < 1.29 is 4.74 Å². The topological polar surface area (TPSA) is 76.8 Å². The number of hydrogen-bond donors (Lipinski definition) is 2. The van der Waals surface area contributed by atoms with Crippen LogP contribution in [0.3, 0.4) is 0 Å². The number of aromatic nitrogens is 3. The van der Waals surface area contributed by atoms with E-state index >= 15 is 0 Å². The molecule has 0 bridgehead atoms. The molecule has 0 saturated carbocycles. The molecule has 2 aromatic heterocycles. The van der Waals surface area contributed by atoms with E-state index in [4.69, 9.17) is 10.5 Å². The van der Waals surface area contributed by atoms with Crippen molar-refractivity contribution in [3.63, 3.8) is 0 Å². The fraction of sp³-hybridized carbons (Fsp3) is 0.333. The summed E-state index contributed by atoms with van der Waals surface area (Å²) in [5.74, 6) is 0.466. The van der Waals surface area contributed by atoms with Gasteiger partial charge in [-0.3, -0.25) is 0 Å². The SMILES string of the molecule is CCCC(C)(COCc1ccccc1)Cc1ccc2c(c1)nc(N)c1nc[nH]c12. The molecule has 0 fully saturated rings. The Morgan fingerprint density at radius 2 is 1.93 bits per heavy atom. The Kier molecular flexibility index (Phi) is 5.49. The van der Waals surface area contributed by atoms with Crippen LogP contribution in [-0.2, 0) is 17.8 Å². The number of ether oxygens (including phenoxy) is 1. The first-order valence-electron chi connectivity index (χ1n) is 10.2. The van der Waals surface area contributed by atoms with E-state index in [9.17, 15) is 0 Å². The van der Waals surface area contributed by atoms with Crippen LogP contribution in [0.4, 0.5) is 5.82 Å². The van der Waals surface area contributed by atoms with Crippen molar-refractivity contribution in [1.29, 1.82) is 0 Å². The molecule has 5 nitrogen and oxygen atoms in total. The molecule has 0 saturated heterocycles. The van der Waals surface area contributed by atoms with Crippen molar-refractivity contribution in [2.24, 2.45) is 5.41 Å². The van der Waals surface area contributed by atoms with Gasteiger partial charge in [-0.05, 0) is 35.4 Å². The lowest BCUT2D eigenvalue weighted by Crippen LogP contribution is -2.26. The second kappa shape index (κ2) is 8.21. The number of nitrogens with one attached hydrogen (secondary N) is 1. The fourth-order valence-electron chi connectivity index (χ4n) is 4.17. The van der Waals surface area contributed by atoms with Crippen LogP contribution in [0.25, 0.3) is 21.9 Å². The van der Waals surface area contributed by atoms with Crippen LogP contribution in [0.15, 0.2) is 54.9 Å². The van der Waals surface area contributed by atoms with Gasteiger partial charge in [0.15, 0.2) is 5.82 Å². The van der Waals surface area contributed by atoms with Gasteiger partial charge in [-0.25, -0.2) is 9.97 Å². The first-order valence-corrected chi connectivity index (χ1v) is 10.2. The molecule has 2 heterocycles. The Hall–Kier alpha value is -2.92. The number of fused-ring (bicyclic) bond motifs is 3. The molecule has 0 aliphatic rings. The number of anilines is 1. The predicted octanol–water partition coefficient (Wildman–Crippen LogP) is 5.26. The van der Waals surface area contributed by atoms with Gasteiger partial charge in [0.25, 0.3) is 0 Å². The molecule has 1 atom stereocenters. The Morgan fingerprint density at radius 1 is 1.10 bits per heavy atom. The van der Waals surface area contributed by atoms with E-state index in [2.05, 4.69) is 59.1 Å². The van der Waals surface area contributed by atoms with Gasteiger partial charge in [-0.2, -0.15) is 0 Å². The third-order valence-electron chi connectivity index (χ3n) is 5.50. The van der Waals surface area contributed by atoms with Crippen LogP contribution < -0.4 is 5.73 Å². The summed E-state index contributed by atoms with van der Waals surface area (Å²) >= 11 is 0. The number of nitrogens with zero attached hydrogens (tertiary/aromatic N) is 2. The molecule has 29 heavy (non-hydrogen) atoms. The minimum Gasteiger partial charge on any atom is -0.382 e. The number of hydrogen-bond acceptors (Lipinski definition) is 4. The zero-order chi connectivity index (χ0) is 20.3. The molecule has 0 spiro atoms. The summed E-state index contributed by atoms with van der Waals surface area (Å²) in [5.41, 5.74) is 11.2. The maximum Gasteiger partial charge on any atom is 0.152 e. The fourth-order valence-corrected chi connectivity index (χ4v) is 4.17. The van der Waals surface area contributed by atoms with Crippen LogP contribution in [-0.4, -0.2) is 21.6 Å². The zero-order valence-corrected chi connectivity index (χ0v) is 17.1. The predicted molar refractivity (Wildman–Crippen MR) is 119 cm³/mol. The molecule has 2 aromatic carbocycles. The zero-order valence-electron chi connectivity index (χ0n) is 17.1.